The zero-order chi connectivity index (χ0) is 27.5. The molecule has 0 saturated carbocycles. The van der Waals surface area contributed by atoms with Gasteiger partial charge in [-0.15, -0.1) is 0 Å². The van der Waals surface area contributed by atoms with Crippen molar-refractivity contribution in [2.24, 2.45) is 0 Å². The van der Waals surface area contributed by atoms with Crippen LogP contribution < -0.4 is 15.4 Å². The van der Waals surface area contributed by atoms with Crippen LogP contribution >= 0.6 is 0 Å². The number of rotatable bonds is 9. The van der Waals surface area contributed by atoms with E-state index in [-0.39, 0.29) is 16.8 Å². The summed E-state index contributed by atoms with van der Waals surface area (Å²) in [6.07, 6.45) is 0. The Balaban J connectivity index is 1.75. The number of benzene rings is 3. The van der Waals surface area contributed by atoms with Crippen molar-refractivity contribution >= 4 is 44.3 Å². The molecule has 0 aromatic heterocycles. The zero-order valence-corrected chi connectivity index (χ0v) is 21.6. The molecule has 1 aliphatic rings. The summed E-state index contributed by atoms with van der Waals surface area (Å²) in [5.41, 5.74) is -2.09. The molecular weight excluding hydrogens is 517 g/mol. The maximum atomic E-state index is 13.1. The molecule has 0 radical (unpaired) electrons. The molecule has 0 unspecified atom stereocenters. The smallest absolute Gasteiger partial charge is 0.354 e. The fraction of sp³-hybridized carbons (Fsp3) is 0.222. The van der Waals surface area contributed by atoms with E-state index in [0.29, 0.717) is 22.6 Å². The van der Waals surface area contributed by atoms with E-state index in [1.807, 2.05) is 30.3 Å². The summed E-state index contributed by atoms with van der Waals surface area (Å²) in [6.45, 7) is 6.85. The Labute approximate surface area is 219 Å². The van der Waals surface area contributed by atoms with E-state index in [0.717, 1.165) is 31.3 Å². The quantitative estimate of drug-likeness (QED) is 0.300. The minimum absolute atomic E-state index is 0.173. The Morgan fingerprint density at radius 1 is 0.921 bits per heavy atom. The van der Waals surface area contributed by atoms with Crippen LogP contribution in [0.4, 0.5) is 30.2 Å². The predicted molar refractivity (Wildman–Crippen MR) is 144 cm³/mol. The van der Waals surface area contributed by atoms with Crippen LogP contribution in [0.3, 0.4) is 0 Å². The van der Waals surface area contributed by atoms with Crippen molar-refractivity contribution in [3.8, 4) is 0 Å². The van der Waals surface area contributed by atoms with Crippen molar-refractivity contribution in [2.45, 2.75) is 25.9 Å². The van der Waals surface area contributed by atoms with Gasteiger partial charge in [-0.1, -0.05) is 56.3 Å². The lowest BCUT2D eigenvalue weighted by Crippen LogP contribution is -2.29. The molecule has 0 aliphatic carbocycles. The number of alkyl halides is 3. The van der Waals surface area contributed by atoms with Gasteiger partial charge in [0.15, 0.2) is 0 Å². The third kappa shape index (κ3) is 5.84. The van der Waals surface area contributed by atoms with E-state index in [1.54, 1.807) is 29.0 Å². The van der Waals surface area contributed by atoms with Crippen LogP contribution in [0.5, 0.6) is 0 Å². The molecule has 1 aliphatic heterocycles. The number of carbonyl (C=O) groups excluding carboxylic acids is 1. The molecule has 11 heteroatoms. The molecule has 0 spiro atoms. The third-order valence-electron chi connectivity index (χ3n) is 6.16. The van der Waals surface area contributed by atoms with Crippen molar-refractivity contribution < 1.29 is 26.4 Å². The molecular formula is C27H27F3N4O3S. The van der Waals surface area contributed by atoms with Gasteiger partial charge in [-0.25, -0.2) is 0 Å². The lowest BCUT2D eigenvalue weighted by molar-refractivity contribution is -0.110. The second kappa shape index (κ2) is 10.9. The molecule has 38 heavy (non-hydrogen) atoms. The second-order valence-electron chi connectivity index (χ2n) is 8.67. The molecule has 0 bridgehead atoms. The lowest BCUT2D eigenvalue weighted by atomic mass is 9.99. The SMILES string of the molecule is CCN(CC)Cc1ccc(N/C(=C2\C(=O)Nc3ccc(NS(=O)(=O)C(F)(F)F)cc32)c2ccccc2)cc1. The van der Waals surface area contributed by atoms with Crippen LogP contribution in [0.1, 0.15) is 30.5 Å². The summed E-state index contributed by atoms with van der Waals surface area (Å²) < 4.78 is 63.6. The van der Waals surface area contributed by atoms with Crippen molar-refractivity contribution in [2.75, 3.05) is 28.4 Å². The molecule has 3 aromatic rings. The van der Waals surface area contributed by atoms with Gasteiger partial charge in [-0.05, 0) is 54.5 Å². The maximum Gasteiger partial charge on any atom is 0.516 e. The molecule has 7 nitrogen and oxygen atoms in total. The average Bonchev–Trinajstić information content (AvgIpc) is 3.21. The Morgan fingerprint density at radius 2 is 1.55 bits per heavy atom. The van der Waals surface area contributed by atoms with Gasteiger partial charge in [-0.2, -0.15) is 21.6 Å². The summed E-state index contributed by atoms with van der Waals surface area (Å²) in [4.78, 5) is 15.4. The van der Waals surface area contributed by atoms with E-state index >= 15 is 0 Å². The average molecular weight is 545 g/mol. The number of carbonyl (C=O) groups is 1. The largest absolute Gasteiger partial charge is 0.516 e. The standard InChI is InChI=1S/C27H27F3N4O3S/c1-3-34(4-2)17-18-10-12-20(13-11-18)31-25(19-8-6-5-7-9-19)24-22-16-21(14-15-23(22)32-26(24)35)33-38(36,37)27(28,29)30/h5-16,31,33H,3-4,17H2,1-2H3,(H,32,35)/b25-24-. The van der Waals surface area contributed by atoms with Gasteiger partial charge < -0.3 is 10.6 Å². The van der Waals surface area contributed by atoms with Gasteiger partial charge in [0, 0.05) is 29.2 Å². The minimum atomic E-state index is -5.63. The Kier molecular flexibility index (Phi) is 7.79. The number of fused-ring (bicyclic) bond motifs is 1. The monoisotopic (exact) mass is 544 g/mol. The van der Waals surface area contributed by atoms with Gasteiger partial charge in [0.1, 0.15) is 0 Å². The first-order valence-electron chi connectivity index (χ1n) is 11.9. The number of sulfonamides is 1. The van der Waals surface area contributed by atoms with Gasteiger partial charge in [0.25, 0.3) is 5.91 Å². The number of hydrogen-bond donors (Lipinski definition) is 3. The van der Waals surface area contributed by atoms with E-state index in [4.69, 9.17) is 0 Å². The number of hydrogen-bond acceptors (Lipinski definition) is 5. The number of nitrogens with zero attached hydrogens (tertiary/aromatic N) is 1. The highest BCUT2D eigenvalue weighted by Gasteiger charge is 2.46. The highest BCUT2D eigenvalue weighted by Crippen LogP contribution is 2.39. The van der Waals surface area contributed by atoms with Crippen LogP contribution in [0, 0.1) is 0 Å². The van der Waals surface area contributed by atoms with Gasteiger partial charge >= 0.3 is 15.5 Å². The van der Waals surface area contributed by atoms with E-state index < -0.39 is 21.4 Å². The number of nitrogens with one attached hydrogen (secondary N) is 3. The number of anilines is 3. The molecule has 4 rings (SSSR count). The summed E-state index contributed by atoms with van der Waals surface area (Å²) in [5, 5.41) is 6.00. The fourth-order valence-corrected chi connectivity index (χ4v) is 4.67. The first kappa shape index (κ1) is 27.2. The molecule has 200 valence electrons. The normalized spacial score (nSPS) is 14.7. The van der Waals surface area contributed by atoms with Crippen LogP contribution in [-0.2, 0) is 21.4 Å². The fourth-order valence-electron chi connectivity index (χ4n) is 4.12. The Morgan fingerprint density at radius 3 is 2.16 bits per heavy atom. The highest BCUT2D eigenvalue weighted by atomic mass is 32.2. The van der Waals surface area contributed by atoms with Gasteiger partial charge in [0.2, 0.25) is 0 Å². The van der Waals surface area contributed by atoms with Crippen LogP contribution in [0.2, 0.25) is 0 Å². The van der Waals surface area contributed by atoms with Crippen LogP contribution in [0.25, 0.3) is 11.3 Å². The van der Waals surface area contributed by atoms with Crippen molar-refractivity contribution in [1.29, 1.82) is 0 Å². The first-order chi connectivity index (χ1) is 18.0. The van der Waals surface area contributed by atoms with Gasteiger partial charge in [0.05, 0.1) is 11.3 Å². The summed E-state index contributed by atoms with van der Waals surface area (Å²) in [5.74, 6) is -0.472. The van der Waals surface area contributed by atoms with Gasteiger partial charge in [-0.3, -0.25) is 14.4 Å². The van der Waals surface area contributed by atoms with Crippen LogP contribution in [0.15, 0.2) is 72.8 Å². The molecule has 0 atom stereocenters. The molecule has 1 heterocycles. The van der Waals surface area contributed by atoms with Crippen molar-refractivity contribution in [3.63, 3.8) is 0 Å². The molecule has 3 N–H and O–H groups in total. The van der Waals surface area contributed by atoms with E-state index in [1.165, 1.54) is 12.1 Å². The second-order valence-corrected chi connectivity index (χ2v) is 10.3. The lowest BCUT2D eigenvalue weighted by Gasteiger charge is -2.19. The Hall–Kier alpha value is -3.83. The molecule has 3 aromatic carbocycles. The highest BCUT2D eigenvalue weighted by molar-refractivity contribution is 7.93. The molecule has 0 fully saturated rings. The summed E-state index contributed by atoms with van der Waals surface area (Å²) in [7, 11) is -5.63. The number of amides is 1. The van der Waals surface area contributed by atoms with Crippen molar-refractivity contribution in [1.82, 2.24) is 4.90 Å². The molecule has 0 saturated heterocycles. The summed E-state index contributed by atoms with van der Waals surface area (Å²) in [6, 6.07) is 20.5. The predicted octanol–water partition coefficient (Wildman–Crippen LogP) is 5.72. The van der Waals surface area contributed by atoms with Crippen molar-refractivity contribution in [3.05, 3.63) is 89.5 Å². The minimum Gasteiger partial charge on any atom is -0.354 e. The topological polar surface area (TPSA) is 90.5 Å². The first-order valence-corrected chi connectivity index (χ1v) is 13.4. The van der Waals surface area contributed by atoms with Crippen LogP contribution in [-0.4, -0.2) is 37.8 Å². The zero-order valence-electron chi connectivity index (χ0n) is 20.8. The molecule has 1 amide bonds. The maximum absolute atomic E-state index is 13.1. The summed E-state index contributed by atoms with van der Waals surface area (Å²) >= 11 is 0. The van der Waals surface area contributed by atoms with E-state index in [9.17, 15) is 26.4 Å². The number of halogens is 3. The third-order valence-corrected chi connectivity index (χ3v) is 7.27. The Bertz CT molecular complexity index is 1450. The van der Waals surface area contributed by atoms with E-state index in [2.05, 4.69) is 29.4 Å².